The summed E-state index contributed by atoms with van der Waals surface area (Å²) in [5.41, 5.74) is 6.51. The smallest absolute Gasteiger partial charge is 0.0450 e. The highest BCUT2D eigenvalue weighted by Crippen LogP contribution is 2.28. The van der Waals surface area contributed by atoms with Crippen molar-refractivity contribution in [3.8, 4) is 0 Å². The van der Waals surface area contributed by atoms with Gasteiger partial charge in [0.25, 0.3) is 0 Å². The van der Waals surface area contributed by atoms with Crippen LogP contribution >= 0.6 is 0 Å². The molecule has 0 unspecified atom stereocenters. The van der Waals surface area contributed by atoms with E-state index in [2.05, 4.69) is 71.4 Å². The Labute approximate surface area is 162 Å². The van der Waals surface area contributed by atoms with Crippen LogP contribution in [0.3, 0.4) is 0 Å². The van der Waals surface area contributed by atoms with Crippen molar-refractivity contribution in [3.05, 3.63) is 95.1 Å². The van der Waals surface area contributed by atoms with Crippen molar-refractivity contribution in [2.24, 2.45) is 0 Å². The van der Waals surface area contributed by atoms with Gasteiger partial charge in [0.05, 0.1) is 0 Å². The number of likely N-dealkylation sites (tertiary alicyclic amines) is 1. The molecule has 1 aromatic carbocycles. The van der Waals surface area contributed by atoms with Gasteiger partial charge in [0, 0.05) is 42.7 Å². The van der Waals surface area contributed by atoms with Crippen LogP contribution in [-0.2, 0) is 13.0 Å². The molecule has 1 fully saturated rings. The molecule has 2 aromatic heterocycles. The van der Waals surface area contributed by atoms with Crippen LogP contribution < -0.4 is 0 Å². The van der Waals surface area contributed by atoms with E-state index in [4.69, 9.17) is 4.98 Å². The van der Waals surface area contributed by atoms with Crippen molar-refractivity contribution >= 4 is 0 Å². The molecule has 0 amide bonds. The van der Waals surface area contributed by atoms with Gasteiger partial charge in [-0.05, 0) is 73.8 Å². The molecular weight excluding hydrogens is 330 g/mol. The van der Waals surface area contributed by atoms with E-state index in [1.807, 2.05) is 12.4 Å². The summed E-state index contributed by atoms with van der Waals surface area (Å²) in [7, 11) is 0. The van der Waals surface area contributed by atoms with Crippen LogP contribution in [0, 0.1) is 6.92 Å². The molecular formula is C24H27N3. The Kier molecular flexibility index (Phi) is 5.59. The molecule has 0 N–H and O–H groups in total. The summed E-state index contributed by atoms with van der Waals surface area (Å²) in [6.07, 6.45) is 7.05. The molecule has 4 rings (SSSR count). The van der Waals surface area contributed by atoms with E-state index in [0.29, 0.717) is 5.92 Å². The molecule has 0 spiro atoms. The van der Waals surface area contributed by atoms with E-state index < -0.39 is 0 Å². The topological polar surface area (TPSA) is 29.0 Å². The van der Waals surface area contributed by atoms with Crippen LogP contribution in [0.4, 0.5) is 0 Å². The van der Waals surface area contributed by atoms with Gasteiger partial charge in [-0.3, -0.25) is 14.9 Å². The van der Waals surface area contributed by atoms with Gasteiger partial charge in [-0.25, -0.2) is 0 Å². The summed E-state index contributed by atoms with van der Waals surface area (Å²) in [4.78, 5) is 11.7. The molecule has 1 aliphatic rings. The van der Waals surface area contributed by atoms with Crippen molar-refractivity contribution in [3.63, 3.8) is 0 Å². The number of rotatable bonds is 5. The summed E-state index contributed by atoms with van der Waals surface area (Å²) >= 11 is 0. The standard InChI is InChI=1S/C24H27N3/c1-19-5-2-3-6-22(19)17-23-7-4-8-24(26-23)21-11-15-27(16-12-21)18-20-9-13-25-14-10-20/h2-10,13-14,21H,11-12,15-18H2,1H3. The summed E-state index contributed by atoms with van der Waals surface area (Å²) in [6, 6.07) is 19.4. The largest absolute Gasteiger partial charge is 0.299 e. The third-order valence-corrected chi connectivity index (χ3v) is 5.62. The average Bonchev–Trinajstić information content (AvgIpc) is 2.71. The minimum Gasteiger partial charge on any atom is -0.299 e. The highest BCUT2D eigenvalue weighted by Gasteiger charge is 2.21. The number of hydrogen-bond acceptors (Lipinski definition) is 3. The van der Waals surface area contributed by atoms with E-state index in [1.165, 1.54) is 40.9 Å². The average molecular weight is 358 g/mol. The fraction of sp³-hybridized carbons (Fsp3) is 0.333. The maximum atomic E-state index is 5.02. The molecule has 27 heavy (non-hydrogen) atoms. The Hall–Kier alpha value is -2.52. The molecule has 3 aromatic rings. The molecule has 1 aliphatic heterocycles. The number of nitrogens with zero attached hydrogens (tertiary/aromatic N) is 3. The Morgan fingerprint density at radius 1 is 0.926 bits per heavy atom. The Morgan fingerprint density at radius 3 is 2.48 bits per heavy atom. The highest BCUT2D eigenvalue weighted by molar-refractivity contribution is 5.30. The zero-order valence-corrected chi connectivity index (χ0v) is 16.0. The molecule has 3 heterocycles. The molecule has 0 aliphatic carbocycles. The summed E-state index contributed by atoms with van der Waals surface area (Å²) in [6.45, 7) is 5.47. The third-order valence-electron chi connectivity index (χ3n) is 5.62. The van der Waals surface area contributed by atoms with Gasteiger partial charge in [0.15, 0.2) is 0 Å². The van der Waals surface area contributed by atoms with Crippen LogP contribution in [0.25, 0.3) is 0 Å². The van der Waals surface area contributed by atoms with Crippen molar-refractivity contribution in [1.29, 1.82) is 0 Å². The van der Waals surface area contributed by atoms with Gasteiger partial charge >= 0.3 is 0 Å². The molecule has 0 radical (unpaired) electrons. The monoisotopic (exact) mass is 357 g/mol. The molecule has 0 bridgehead atoms. The van der Waals surface area contributed by atoms with Gasteiger partial charge in [0.1, 0.15) is 0 Å². The molecule has 1 saturated heterocycles. The second-order valence-electron chi connectivity index (χ2n) is 7.56. The van der Waals surface area contributed by atoms with Gasteiger partial charge in [-0.15, -0.1) is 0 Å². The number of hydrogen-bond donors (Lipinski definition) is 0. The maximum Gasteiger partial charge on any atom is 0.0450 e. The molecule has 0 saturated carbocycles. The van der Waals surface area contributed by atoms with E-state index in [0.717, 1.165) is 26.1 Å². The fourth-order valence-electron chi connectivity index (χ4n) is 3.96. The lowest BCUT2D eigenvalue weighted by Gasteiger charge is -2.31. The van der Waals surface area contributed by atoms with Crippen LogP contribution in [0.15, 0.2) is 67.0 Å². The fourth-order valence-corrected chi connectivity index (χ4v) is 3.96. The van der Waals surface area contributed by atoms with Crippen molar-refractivity contribution < 1.29 is 0 Å². The Bertz CT molecular complexity index is 868. The van der Waals surface area contributed by atoms with Gasteiger partial charge in [-0.2, -0.15) is 0 Å². The van der Waals surface area contributed by atoms with Gasteiger partial charge in [0.2, 0.25) is 0 Å². The van der Waals surface area contributed by atoms with E-state index in [-0.39, 0.29) is 0 Å². The lowest BCUT2D eigenvalue weighted by Crippen LogP contribution is -2.32. The van der Waals surface area contributed by atoms with Crippen molar-refractivity contribution in [2.45, 2.75) is 38.6 Å². The lowest BCUT2D eigenvalue weighted by atomic mass is 9.92. The van der Waals surface area contributed by atoms with Crippen molar-refractivity contribution in [1.82, 2.24) is 14.9 Å². The SMILES string of the molecule is Cc1ccccc1Cc1cccc(C2CCN(Cc3ccncc3)CC2)n1. The quantitative estimate of drug-likeness (QED) is 0.659. The highest BCUT2D eigenvalue weighted by atomic mass is 15.1. The normalized spacial score (nSPS) is 15.7. The third kappa shape index (κ3) is 4.61. The molecule has 138 valence electrons. The van der Waals surface area contributed by atoms with E-state index >= 15 is 0 Å². The summed E-state index contributed by atoms with van der Waals surface area (Å²) < 4.78 is 0. The minimum atomic E-state index is 0.579. The lowest BCUT2D eigenvalue weighted by molar-refractivity contribution is 0.203. The summed E-state index contributed by atoms with van der Waals surface area (Å²) in [5.74, 6) is 0.579. The number of piperidine rings is 1. The Morgan fingerprint density at radius 2 is 1.70 bits per heavy atom. The van der Waals surface area contributed by atoms with E-state index in [9.17, 15) is 0 Å². The van der Waals surface area contributed by atoms with Gasteiger partial charge in [-0.1, -0.05) is 30.3 Å². The first kappa shape index (κ1) is 17.9. The van der Waals surface area contributed by atoms with Crippen LogP contribution in [0.2, 0.25) is 0 Å². The Balaban J connectivity index is 1.38. The molecule has 3 heteroatoms. The van der Waals surface area contributed by atoms with Crippen LogP contribution in [0.5, 0.6) is 0 Å². The predicted octanol–water partition coefficient (Wildman–Crippen LogP) is 4.76. The zero-order valence-electron chi connectivity index (χ0n) is 16.0. The number of benzene rings is 1. The predicted molar refractivity (Wildman–Crippen MR) is 110 cm³/mol. The van der Waals surface area contributed by atoms with Crippen LogP contribution in [-0.4, -0.2) is 28.0 Å². The van der Waals surface area contributed by atoms with Crippen LogP contribution in [0.1, 0.15) is 46.8 Å². The first-order valence-electron chi connectivity index (χ1n) is 9.89. The van der Waals surface area contributed by atoms with E-state index in [1.54, 1.807) is 0 Å². The number of pyridine rings is 2. The second-order valence-corrected chi connectivity index (χ2v) is 7.56. The molecule has 0 atom stereocenters. The zero-order chi connectivity index (χ0) is 18.5. The first-order valence-corrected chi connectivity index (χ1v) is 9.89. The first-order chi connectivity index (χ1) is 13.3. The van der Waals surface area contributed by atoms with Crippen molar-refractivity contribution in [2.75, 3.05) is 13.1 Å². The minimum absolute atomic E-state index is 0.579. The maximum absolute atomic E-state index is 5.02. The van der Waals surface area contributed by atoms with Gasteiger partial charge < -0.3 is 0 Å². The number of aryl methyl sites for hydroxylation is 1. The second kappa shape index (κ2) is 8.45. The molecule has 3 nitrogen and oxygen atoms in total. The number of aromatic nitrogens is 2. The summed E-state index contributed by atoms with van der Waals surface area (Å²) in [5, 5.41) is 0.